The van der Waals surface area contributed by atoms with Crippen LogP contribution in [0.15, 0.2) is 30.3 Å². The van der Waals surface area contributed by atoms with E-state index < -0.39 is 39.0 Å². The first-order chi connectivity index (χ1) is 15.6. The van der Waals surface area contributed by atoms with Gasteiger partial charge in [0.15, 0.2) is 0 Å². The van der Waals surface area contributed by atoms with Crippen LogP contribution < -0.4 is 4.72 Å². The molecule has 1 aromatic carbocycles. The lowest BCUT2D eigenvalue weighted by atomic mass is 10.1. The van der Waals surface area contributed by atoms with E-state index in [-0.39, 0.29) is 38.0 Å². The Hall–Kier alpha value is -2.17. The molecule has 0 radical (unpaired) electrons. The Bertz CT molecular complexity index is 1010. The maximum absolute atomic E-state index is 13.4. The zero-order chi connectivity index (χ0) is 25.5. The number of nitrogens with one attached hydrogen (secondary N) is 1. The highest BCUT2D eigenvalue weighted by Gasteiger charge is 2.71. The van der Waals surface area contributed by atoms with Crippen molar-refractivity contribution in [3.63, 3.8) is 0 Å². The first kappa shape index (κ1) is 26.4. The highest BCUT2D eigenvalue weighted by atomic mass is 32.2. The lowest BCUT2D eigenvalue weighted by Crippen LogP contribution is -2.58. The molecule has 1 heterocycles. The molecule has 0 bridgehead atoms. The minimum Gasteiger partial charge on any atom is -0.459 e. The Labute approximate surface area is 203 Å². The summed E-state index contributed by atoms with van der Waals surface area (Å²) in [4.78, 5) is 27.2. The number of ether oxygens (including phenoxy) is 2. The number of rotatable bonds is 5. The number of amides is 1. The van der Waals surface area contributed by atoms with Gasteiger partial charge in [0.1, 0.15) is 16.7 Å². The van der Waals surface area contributed by atoms with Gasteiger partial charge in [-0.05, 0) is 53.0 Å². The second-order valence-electron chi connectivity index (χ2n) is 11.0. The number of nitrogens with zero attached hydrogens (tertiary/aromatic N) is 2. The van der Waals surface area contributed by atoms with Gasteiger partial charge in [-0.15, -0.1) is 0 Å². The van der Waals surface area contributed by atoms with E-state index in [0.29, 0.717) is 0 Å². The van der Waals surface area contributed by atoms with E-state index in [1.54, 1.807) is 41.5 Å². The summed E-state index contributed by atoms with van der Waals surface area (Å²) in [5, 5.41) is 0. The van der Waals surface area contributed by atoms with E-state index in [1.165, 1.54) is 9.21 Å². The third kappa shape index (κ3) is 5.72. The van der Waals surface area contributed by atoms with Gasteiger partial charge in [0, 0.05) is 32.1 Å². The fraction of sp³-hybridized carbons (Fsp3) is 0.667. The topological polar surface area (TPSA) is 105 Å². The summed E-state index contributed by atoms with van der Waals surface area (Å²) < 4.78 is 41.8. The highest BCUT2D eigenvalue weighted by Crippen LogP contribution is 2.58. The smallest absolute Gasteiger partial charge is 0.410 e. The molecule has 1 N–H and O–H groups in total. The van der Waals surface area contributed by atoms with Crippen molar-refractivity contribution in [1.29, 1.82) is 0 Å². The maximum atomic E-state index is 13.4. The summed E-state index contributed by atoms with van der Waals surface area (Å²) in [6.07, 6.45) is -0.470. The third-order valence-corrected chi connectivity index (χ3v) is 7.66. The van der Waals surface area contributed by atoms with E-state index in [4.69, 9.17) is 9.47 Å². The molecule has 2 fully saturated rings. The Kier molecular flexibility index (Phi) is 7.09. The Balaban J connectivity index is 1.78. The molecule has 3 atom stereocenters. The van der Waals surface area contributed by atoms with Gasteiger partial charge < -0.3 is 14.4 Å². The monoisotopic (exact) mass is 495 g/mol. The lowest BCUT2D eigenvalue weighted by molar-refractivity contribution is -0.158. The number of carbonyl (C=O) groups excluding carboxylic acids is 2. The van der Waals surface area contributed by atoms with E-state index in [2.05, 4.69) is 4.72 Å². The van der Waals surface area contributed by atoms with Gasteiger partial charge in [-0.2, -0.15) is 17.4 Å². The van der Waals surface area contributed by atoms with Crippen molar-refractivity contribution in [2.75, 3.05) is 26.2 Å². The van der Waals surface area contributed by atoms with Crippen molar-refractivity contribution >= 4 is 22.3 Å². The Morgan fingerprint density at radius 2 is 1.47 bits per heavy atom. The molecule has 0 unspecified atom stereocenters. The van der Waals surface area contributed by atoms with Crippen LogP contribution in [-0.4, -0.2) is 72.6 Å². The van der Waals surface area contributed by atoms with Crippen LogP contribution in [0.25, 0.3) is 0 Å². The molecule has 10 heteroatoms. The zero-order valence-electron chi connectivity index (χ0n) is 21.1. The zero-order valence-corrected chi connectivity index (χ0v) is 21.9. The third-order valence-electron chi connectivity index (χ3n) is 6.02. The maximum Gasteiger partial charge on any atom is 0.410 e. The molecule has 1 aliphatic heterocycles. The predicted octanol–water partition coefficient (Wildman–Crippen LogP) is 2.89. The molecule has 1 aliphatic carbocycles. The Morgan fingerprint density at radius 3 is 1.97 bits per heavy atom. The first-order valence-corrected chi connectivity index (χ1v) is 13.1. The average Bonchev–Trinajstić information content (AvgIpc) is 3.30. The van der Waals surface area contributed by atoms with E-state index in [9.17, 15) is 18.0 Å². The molecule has 9 nitrogen and oxygen atoms in total. The number of benzene rings is 1. The normalized spacial score (nSPS) is 26.1. The van der Waals surface area contributed by atoms with Gasteiger partial charge in [0.25, 0.3) is 10.2 Å². The second-order valence-corrected chi connectivity index (χ2v) is 12.7. The molecule has 190 valence electrons. The van der Waals surface area contributed by atoms with Crippen LogP contribution in [0.2, 0.25) is 0 Å². The summed E-state index contributed by atoms with van der Waals surface area (Å²) in [6, 6.07) is 9.39. The van der Waals surface area contributed by atoms with Crippen LogP contribution in [-0.2, 0) is 24.5 Å². The summed E-state index contributed by atoms with van der Waals surface area (Å²) in [5.41, 5.74) is -1.91. The quantitative estimate of drug-likeness (QED) is 0.630. The molecule has 1 amide bonds. The molecule has 0 aromatic heterocycles. The lowest BCUT2D eigenvalue weighted by Gasteiger charge is -2.36. The van der Waals surface area contributed by atoms with E-state index in [1.807, 2.05) is 37.3 Å². The number of carbonyl (C=O) groups is 2. The summed E-state index contributed by atoms with van der Waals surface area (Å²) in [7, 11) is -4.03. The number of esters is 1. The fourth-order valence-corrected chi connectivity index (χ4v) is 5.96. The van der Waals surface area contributed by atoms with Gasteiger partial charge in [-0.3, -0.25) is 0 Å². The van der Waals surface area contributed by atoms with E-state index >= 15 is 0 Å². The molecule has 1 aromatic rings. The van der Waals surface area contributed by atoms with Gasteiger partial charge in [-0.1, -0.05) is 37.3 Å². The van der Waals surface area contributed by atoms with Crippen LogP contribution in [0.3, 0.4) is 0 Å². The molecule has 0 spiro atoms. The highest BCUT2D eigenvalue weighted by molar-refractivity contribution is 7.87. The number of hydrogen-bond acceptors (Lipinski definition) is 6. The second kappa shape index (κ2) is 9.13. The minimum atomic E-state index is -4.03. The first-order valence-electron chi connectivity index (χ1n) is 11.6. The predicted molar refractivity (Wildman–Crippen MR) is 128 cm³/mol. The van der Waals surface area contributed by atoms with Crippen LogP contribution in [0.4, 0.5) is 4.79 Å². The van der Waals surface area contributed by atoms with E-state index in [0.717, 1.165) is 5.56 Å². The fourth-order valence-electron chi connectivity index (χ4n) is 4.36. The summed E-state index contributed by atoms with van der Waals surface area (Å²) in [6.45, 7) is 13.1. The van der Waals surface area contributed by atoms with Crippen LogP contribution in [0.5, 0.6) is 0 Å². The average molecular weight is 496 g/mol. The van der Waals surface area contributed by atoms with Crippen molar-refractivity contribution in [3.05, 3.63) is 35.9 Å². The molecule has 2 aliphatic rings. The molecular weight excluding hydrogens is 458 g/mol. The SMILES string of the molecule is C[C@@H]1[C@H](c2ccccc2)[C@]1(NS(=O)(=O)N1CCN(C(=O)OC(C)(C)C)CC1)C(=O)OC(C)(C)C. The number of piperazine rings is 1. The number of hydrogen-bond donors (Lipinski definition) is 1. The summed E-state index contributed by atoms with van der Waals surface area (Å²) >= 11 is 0. The van der Waals surface area contributed by atoms with Gasteiger partial charge in [0.2, 0.25) is 0 Å². The van der Waals surface area contributed by atoms with Gasteiger partial charge in [0.05, 0.1) is 0 Å². The van der Waals surface area contributed by atoms with Crippen molar-refractivity contribution in [3.8, 4) is 0 Å². The van der Waals surface area contributed by atoms with Gasteiger partial charge in [-0.25, -0.2) is 9.59 Å². The Morgan fingerprint density at radius 1 is 0.941 bits per heavy atom. The van der Waals surface area contributed by atoms with Gasteiger partial charge >= 0.3 is 12.1 Å². The largest absolute Gasteiger partial charge is 0.459 e. The van der Waals surface area contributed by atoms with Crippen molar-refractivity contribution in [2.45, 2.75) is 71.1 Å². The molecule has 1 saturated heterocycles. The summed E-state index contributed by atoms with van der Waals surface area (Å²) in [5.74, 6) is -1.22. The standard InChI is InChI=1S/C24H37N3O6S/c1-17-19(18-11-9-8-10-12-18)24(17,20(28)32-22(2,3)4)25-34(30,31)27-15-13-26(14-16-27)21(29)33-23(5,6)7/h8-12,17,19,25H,13-16H2,1-7H3/t17-,19-,24+/m1/s1. The van der Waals surface area contributed by atoms with Crippen LogP contribution in [0.1, 0.15) is 59.9 Å². The molecule has 34 heavy (non-hydrogen) atoms. The van der Waals surface area contributed by atoms with Crippen molar-refractivity contribution < 1.29 is 27.5 Å². The minimum absolute atomic E-state index is 0.101. The molecule has 3 rings (SSSR count). The molecular formula is C24H37N3O6S. The molecule has 1 saturated carbocycles. The van der Waals surface area contributed by atoms with Crippen molar-refractivity contribution in [2.24, 2.45) is 5.92 Å². The van der Waals surface area contributed by atoms with Crippen LogP contribution in [0, 0.1) is 5.92 Å². The van der Waals surface area contributed by atoms with Crippen LogP contribution >= 0.6 is 0 Å². The van der Waals surface area contributed by atoms with Crippen molar-refractivity contribution in [1.82, 2.24) is 13.9 Å².